The van der Waals surface area contributed by atoms with Gasteiger partial charge in [-0.2, -0.15) is 0 Å². The number of aliphatic carboxylic acids is 1. The van der Waals surface area contributed by atoms with E-state index >= 15 is 0 Å². The molecule has 0 radical (unpaired) electrons. The van der Waals surface area contributed by atoms with Gasteiger partial charge in [0.1, 0.15) is 6.04 Å². The van der Waals surface area contributed by atoms with Gasteiger partial charge in [-0.25, -0.2) is 9.18 Å². The lowest BCUT2D eigenvalue weighted by Gasteiger charge is -1.95. The first-order chi connectivity index (χ1) is 5.15. The Balaban J connectivity index is 2.79. The fourth-order valence-corrected chi connectivity index (χ4v) is 1.03. The molecule has 1 rings (SSSR count). The lowest BCUT2D eigenvalue weighted by molar-refractivity contribution is -0.389. The normalized spacial score (nSPS) is 27.3. The van der Waals surface area contributed by atoms with Crippen molar-refractivity contribution in [2.75, 3.05) is 0 Å². The molecule has 1 atom stereocenters. The minimum atomic E-state index is -0.990. The number of carbonyl (C=O) groups is 1. The second kappa shape index (κ2) is 2.84. The zero-order chi connectivity index (χ0) is 8.43. The van der Waals surface area contributed by atoms with E-state index in [2.05, 4.69) is 5.73 Å². The molecule has 11 heavy (non-hydrogen) atoms. The number of quaternary nitrogens is 1. The van der Waals surface area contributed by atoms with Crippen molar-refractivity contribution in [2.24, 2.45) is 0 Å². The molecule has 0 fully saturated rings. The van der Waals surface area contributed by atoms with E-state index in [1.165, 1.54) is 6.08 Å². The minimum absolute atomic E-state index is 0.181. The van der Waals surface area contributed by atoms with Gasteiger partial charge < -0.3 is 10.8 Å². The highest BCUT2D eigenvalue weighted by Gasteiger charge is 2.24. The highest BCUT2D eigenvalue weighted by Crippen LogP contribution is 2.22. The SMILES string of the molecule is [NH3+][C@H]1C=C(C(=O)O)C/C1=C\F. The van der Waals surface area contributed by atoms with E-state index in [-0.39, 0.29) is 18.0 Å². The molecule has 1 aliphatic rings. The monoisotopic (exact) mass is 158 g/mol. The lowest BCUT2D eigenvalue weighted by atomic mass is 10.1. The summed E-state index contributed by atoms with van der Waals surface area (Å²) in [7, 11) is 0. The van der Waals surface area contributed by atoms with Crippen LogP contribution in [0.3, 0.4) is 0 Å². The Morgan fingerprint density at radius 2 is 2.55 bits per heavy atom. The third kappa shape index (κ3) is 1.46. The number of hydrogen-bond donors (Lipinski definition) is 2. The highest BCUT2D eigenvalue weighted by molar-refractivity contribution is 5.88. The summed E-state index contributed by atoms with van der Waals surface area (Å²) in [6.07, 6.45) is 2.08. The maximum Gasteiger partial charge on any atom is 0.331 e. The van der Waals surface area contributed by atoms with Crippen molar-refractivity contribution in [3.8, 4) is 0 Å². The summed E-state index contributed by atoms with van der Waals surface area (Å²) in [5.74, 6) is -0.990. The zero-order valence-corrected chi connectivity index (χ0v) is 5.88. The Hall–Kier alpha value is -1.16. The third-order valence-corrected chi connectivity index (χ3v) is 1.69. The first-order valence-electron chi connectivity index (χ1n) is 3.21. The molecule has 0 amide bonds. The van der Waals surface area contributed by atoms with Gasteiger partial charge in [-0.3, -0.25) is 0 Å². The molecule has 0 saturated carbocycles. The van der Waals surface area contributed by atoms with E-state index in [4.69, 9.17) is 5.11 Å². The number of carboxylic acids is 1. The van der Waals surface area contributed by atoms with Crippen molar-refractivity contribution in [3.05, 3.63) is 23.6 Å². The number of halogens is 1. The van der Waals surface area contributed by atoms with Crippen LogP contribution in [-0.4, -0.2) is 17.1 Å². The molecule has 0 heterocycles. The van der Waals surface area contributed by atoms with Crippen molar-refractivity contribution < 1.29 is 20.0 Å². The van der Waals surface area contributed by atoms with E-state index in [1.807, 2.05) is 0 Å². The largest absolute Gasteiger partial charge is 0.478 e. The Kier molecular flexibility index (Phi) is 2.05. The molecule has 4 heteroatoms. The molecule has 0 bridgehead atoms. The van der Waals surface area contributed by atoms with Crippen LogP contribution in [-0.2, 0) is 4.79 Å². The summed E-state index contributed by atoms with van der Waals surface area (Å²) >= 11 is 0. The van der Waals surface area contributed by atoms with Gasteiger partial charge >= 0.3 is 5.97 Å². The fraction of sp³-hybridized carbons (Fsp3) is 0.286. The van der Waals surface area contributed by atoms with Gasteiger partial charge in [0.15, 0.2) is 0 Å². The maximum absolute atomic E-state index is 12.0. The van der Waals surface area contributed by atoms with Crippen LogP contribution < -0.4 is 5.73 Å². The Bertz CT molecular complexity index is 245. The van der Waals surface area contributed by atoms with Gasteiger partial charge in [0.25, 0.3) is 0 Å². The summed E-state index contributed by atoms with van der Waals surface area (Å²) < 4.78 is 12.0. The Morgan fingerprint density at radius 1 is 1.91 bits per heavy atom. The van der Waals surface area contributed by atoms with E-state index in [9.17, 15) is 9.18 Å². The second-order valence-corrected chi connectivity index (χ2v) is 2.46. The van der Waals surface area contributed by atoms with E-state index in [0.29, 0.717) is 11.9 Å². The van der Waals surface area contributed by atoms with Crippen LogP contribution in [0.4, 0.5) is 4.39 Å². The van der Waals surface area contributed by atoms with Crippen molar-refractivity contribution in [3.63, 3.8) is 0 Å². The van der Waals surface area contributed by atoms with Crippen molar-refractivity contribution in [2.45, 2.75) is 12.5 Å². The maximum atomic E-state index is 12.0. The molecule has 60 valence electrons. The third-order valence-electron chi connectivity index (χ3n) is 1.69. The van der Waals surface area contributed by atoms with Crippen molar-refractivity contribution >= 4 is 5.97 Å². The standard InChI is InChI=1S/C7H8FNO2/c8-3-5-1-4(7(10)11)2-6(5)9/h2-3,6H,1,9H2,(H,10,11)/p+1/b5-3+/t6-/m0/s1. The van der Waals surface area contributed by atoms with Gasteiger partial charge in [0.2, 0.25) is 0 Å². The molecule has 0 aromatic rings. The fourth-order valence-electron chi connectivity index (χ4n) is 1.03. The molecule has 0 unspecified atom stereocenters. The molecule has 0 aromatic carbocycles. The summed E-state index contributed by atoms with van der Waals surface area (Å²) in [6, 6.07) is -0.314. The lowest BCUT2D eigenvalue weighted by Crippen LogP contribution is -2.59. The van der Waals surface area contributed by atoms with Gasteiger partial charge in [-0.1, -0.05) is 0 Å². The average Bonchev–Trinajstić information content (AvgIpc) is 2.31. The Morgan fingerprint density at radius 3 is 2.82 bits per heavy atom. The molecule has 0 spiro atoms. The molecular weight excluding hydrogens is 149 g/mol. The quantitative estimate of drug-likeness (QED) is 0.558. The average molecular weight is 158 g/mol. The topological polar surface area (TPSA) is 64.9 Å². The molecule has 0 aromatic heterocycles. The minimum Gasteiger partial charge on any atom is -0.478 e. The highest BCUT2D eigenvalue weighted by atomic mass is 19.1. The molecule has 0 saturated heterocycles. The van der Waals surface area contributed by atoms with Crippen LogP contribution in [0.25, 0.3) is 0 Å². The van der Waals surface area contributed by atoms with Gasteiger partial charge in [0.05, 0.1) is 6.33 Å². The van der Waals surface area contributed by atoms with Gasteiger partial charge in [-0.05, 0) is 6.08 Å². The first kappa shape index (κ1) is 7.94. The number of hydrogen-bond acceptors (Lipinski definition) is 1. The van der Waals surface area contributed by atoms with Crippen LogP contribution in [0.15, 0.2) is 23.6 Å². The van der Waals surface area contributed by atoms with Crippen LogP contribution in [0, 0.1) is 0 Å². The van der Waals surface area contributed by atoms with Crippen molar-refractivity contribution in [1.82, 2.24) is 0 Å². The molecule has 0 aliphatic heterocycles. The van der Waals surface area contributed by atoms with Gasteiger partial charge in [-0.15, -0.1) is 0 Å². The predicted molar refractivity (Wildman–Crippen MR) is 36.2 cm³/mol. The van der Waals surface area contributed by atoms with E-state index in [1.54, 1.807) is 0 Å². The van der Waals surface area contributed by atoms with E-state index < -0.39 is 5.97 Å². The van der Waals surface area contributed by atoms with Crippen molar-refractivity contribution in [1.29, 1.82) is 0 Å². The zero-order valence-electron chi connectivity index (χ0n) is 5.88. The molecule has 1 aliphatic carbocycles. The first-order valence-corrected chi connectivity index (χ1v) is 3.21. The summed E-state index contributed by atoms with van der Waals surface area (Å²) in [4.78, 5) is 10.4. The molecule has 3 nitrogen and oxygen atoms in total. The summed E-state index contributed by atoms with van der Waals surface area (Å²) in [6.45, 7) is 0. The predicted octanol–water partition coefficient (Wildman–Crippen LogP) is -0.135. The summed E-state index contributed by atoms with van der Waals surface area (Å²) in [5.41, 5.74) is 4.24. The Labute approximate surface area is 63.0 Å². The van der Waals surface area contributed by atoms with E-state index in [0.717, 1.165) is 0 Å². The second-order valence-electron chi connectivity index (χ2n) is 2.46. The van der Waals surface area contributed by atoms with Gasteiger partial charge in [0, 0.05) is 17.6 Å². The van der Waals surface area contributed by atoms with Crippen LogP contribution in [0.1, 0.15) is 6.42 Å². The molecular formula is C7H9FNO2+. The summed E-state index contributed by atoms with van der Waals surface area (Å²) in [5, 5.41) is 8.50. The number of rotatable bonds is 1. The molecule has 4 N–H and O–H groups in total. The van der Waals surface area contributed by atoms with Crippen LogP contribution >= 0.6 is 0 Å². The number of carboxylic acid groups (broad SMARTS) is 1. The smallest absolute Gasteiger partial charge is 0.331 e. The van der Waals surface area contributed by atoms with Crippen LogP contribution in [0.5, 0.6) is 0 Å². The van der Waals surface area contributed by atoms with Crippen LogP contribution in [0.2, 0.25) is 0 Å².